The molecule has 0 bridgehead atoms. The molecule has 1 atom stereocenters. The summed E-state index contributed by atoms with van der Waals surface area (Å²) >= 11 is 0. The van der Waals surface area contributed by atoms with E-state index in [0.717, 1.165) is 5.56 Å². The molecule has 0 fully saturated rings. The highest BCUT2D eigenvalue weighted by molar-refractivity contribution is 5.77. The van der Waals surface area contributed by atoms with E-state index in [1.807, 2.05) is 0 Å². The van der Waals surface area contributed by atoms with Crippen molar-refractivity contribution in [2.75, 3.05) is 7.11 Å². The summed E-state index contributed by atoms with van der Waals surface area (Å²) in [4.78, 5) is 10.9. The van der Waals surface area contributed by atoms with E-state index in [9.17, 15) is 4.79 Å². The molecular formula is C11H14O4. The highest BCUT2D eigenvalue weighted by Gasteiger charge is 2.32. The van der Waals surface area contributed by atoms with Gasteiger partial charge in [-0.15, -0.1) is 0 Å². The molecule has 0 spiro atoms. The molecule has 0 heterocycles. The molecule has 4 nitrogen and oxygen atoms in total. The molecule has 0 aromatic heterocycles. The molecule has 1 rings (SSSR count). The second-order valence-corrected chi connectivity index (χ2v) is 3.58. The van der Waals surface area contributed by atoms with E-state index in [2.05, 4.69) is 0 Å². The van der Waals surface area contributed by atoms with Crippen molar-refractivity contribution in [1.29, 1.82) is 0 Å². The molecule has 0 aliphatic carbocycles. The minimum atomic E-state index is -1.23. The number of aromatic hydroxyl groups is 1. The Bertz CT molecular complexity index is 344. The molecule has 0 saturated carbocycles. The Morgan fingerprint density at radius 3 is 2.33 bits per heavy atom. The van der Waals surface area contributed by atoms with Crippen LogP contribution >= 0.6 is 0 Å². The van der Waals surface area contributed by atoms with Gasteiger partial charge in [0.05, 0.1) is 0 Å². The lowest BCUT2D eigenvalue weighted by Crippen LogP contribution is -2.39. The van der Waals surface area contributed by atoms with Crippen molar-refractivity contribution in [1.82, 2.24) is 0 Å². The van der Waals surface area contributed by atoms with Crippen molar-refractivity contribution in [2.24, 2.45) is 0 Å². The first-order valence-electron chi connectivity index (χ1n) is 4.54. The van der Waals surface area contributed by atoms with E-state index in [-0.39, 0.29) is 12.2 Å². The normalized spacial score (nSPS) is 14.5. The van der Waals surface area contributed by atoms with Gasteiger partial charge in [-0.25, -0.2) is 4.79 Å². The van der Waals surface area contributed by atoms with E-state index in [1.165, 1.54) is 26.2 Å². The first-order chi connectivity index (χ1) is 6.98. The van der Waals surface area contributed by atoms with Crippen LogP contribution in [0.1, 0.15) is 12.5 Å². The lowest BCUT2D eigenvalue weighted by atomic mass is 9.96. The number of hydrogen-bond acceptors (Lipinski definition) is 3. The van der Waals surface area contributed by atoms with Crippen LogP contribution in [0.5, 0.6) is 5.75 Å². The molecule has 2 N–H and O–H groups in total. The van der Waals surface area contributed by atoms with Gasteiger partial charge in [-0.05, 0) is 24.6 Å². The molecule has 1 unspecified atom stereocenters. The summed E-state index contributed by atoms with van der Waals surface area (Å²) in [6.07, 6.45) is 0.263. The topological polar surface area (TPSA) is 66.8 Å². The molecule has 1 aromatic carbocycles. The van der Waals surface area contributed by atoms with Gasteiger partial charge in [0, 0.05) is 13.5 Å². The number of aliphatic carboxylic acids is 1. The maximum atomic E-state index is 10.9. The number of carboxylic acid groups (broad SMARTS) is 1. The quantitative estimate of drug-likeness (QED) is 0.788. The van der Waals surface area contributed by atoms with Crippen LogP contribution in [-0.4, -0.2) is 28.9 Å². The number of rotatable bonds is 4. The van der Waals surface area contributed by atoms with Crippen molar-refractivity contribution < 1.29 is 19.7 Å². The van der Waals surface area contributed by atoms with Crippen LogP contribution < -0.4 is 0 Å². The number of carbonyl (C=O) groups is 1. The van der Waals surface area contributed by atoms with Crippen molar-refractivity contribution >= 4 is 5.97 Å². The van der Waals surface area contributed by atoms with Gasteiger partial charge < -0.3 is 14.9 Å². The zero-order chi connectivity index (χ0) is 11.5. The SMILES string of the molecule is COC(C)(Cc1ccc(O)cc1)C(=O)O. The van der Waals surface area contributed by atoms with Gasteiger partial charge in [0.2, 0.25) is 0 Å². The van der Waals surface area contributed by atoms with Crippen LogP contribution in [0.25, 0.3) is 0 Å². The molecular weight excluding hydrogens is 196 g/mol. The second kappa shape index (κ2) is 4.31. The average Bonchev–Trinajstić information content (AvgIpc) is 2.21. The Morgan fingerprint density at radius 2 is 1.93 bits per heavy atom. The van der Waals surface area contributed by atoms with Gasteiger partial charge in [0.25, 0.3) is 0 Å². The van der Waals surface area contributed by atoms with E-state index in [4.69, 9.17) is 14.9 Å². The highest BCUT2D eigenvalue weighted by atomic mass is 16.5. The predicted octanol–water partition coefficient (Wildman–Crippen LogP) is 1.42. The minimum Gasteiger partial charge on any atom is -0.508 e. The monoisotopic (exact) mass is 210 g/mol. The Kier molecular flexibility index (Phi) is 3.31. The number of methoxy groups -OCH3 is 1. The molecule has 82 valence electrons. The van der Waals surface area contributed by atoms with Crippen LogP contribution in [0, 0.1) is 0 Å². The third-order valence-corrected chi connectivity index (χ3v) is 2.38. The first-order valence-corrected chi connectivity index (χ1v) is 4.54. The van der Waals surface area contributed by atoms with Crippen LogP contribution in [0.15, 0.2) is 24.3 Å². The molecule has 0 saturated heterocycles. The summed E-state index contributed by atoms with van der Waals surface area (Å²) in [7, 11) is 1.37. The number of hydrogen-bond donors (Lipinski definition) is 2. The molecule has 1 aromatic rings. The van der Waals surface area contributed by atoms with Crippen LogP contribution in [0.4, 0.5) is 0 Å². The summed E-state index contributed by atoms with van der Waals surface area (Å²) in [5, 5.41) is 18.0. The number of carboxylic acids is 1. The lowest BCUT2D eigenvalue weighted by Gasteiger charge is -2.22. The zero-order valence-corrected chi connectivity index (χ0v) is 8.73. The van der Waals surface area contributed by atoms with Crippen molar-refractivity contribution in [3.8, 4) is 5.75 Å². The fraction of sp³-hybridized carbons (Fsp3) is 0.364. The second-order valence-electron chi connectivity index (χ2n) is 3.58. The van der Waals surface area contributed by atoms with Crippen molar-refractivity contribution in [3.63, 3.8) is 0 Å². The largest absolute Gasteiger partial charge is 0.508 e. The minimum absolute atomic E-state index is 0.160. The average molecular weight is 210 g/mol. The Balaban J connectivity index is 2.84. The zero-order valence-electron chi connectivity index (χ0n) is 8.73. The van der Waals surface area contributed by atoms with Crippen molar-refractivity contribution in [2.45, 2.75) is 18.9 Å². The van der Waals surface area contributed by atoms with Gasteiger partial charge in [0.1, 0.15) is 5.75 Å². The van der Waals surface area contributed by atoms with E-state index >= 15 is 0 Å². The van der Waals surface area contributed by atoms with Crippen LogP contribution in [0.3, 0.4) is 0 Å². The summed E-state index contributed by atoms with van der Waals surface area (Å²) in [6.45, 7) is 1.52. The van der Waals surface area contributed by atoms with E-state index in [0.29, 0.717) is 0 Å². The Hall–Kier alpha value is -1.55. The summed E-state index contributed by atoms with van der Waals surface area (Å²) in [5.74, 6) is -0.841. The number of phenols is 1. The lowest BCUT2D eigenvalue weighted by molar-refractivity contribution is -0.159. The number of phenolic OH excluding ortho intramolecular Hbond substituents is 1. The summed E-state index contributed by atoms with van der Waals surface area (Å²) < 4.78 is 4.97. The van der Waals surface area contributed by atoms with Crippen LogP contribution in [-0.2, 0) is 16.0 Å². The molecule has 4 heteroatoms. The first kappa shape index (κ1) is 11.5. The highest BCUT2D eigenvalue weighted by Crippen LogP contribution is 2.19. The van der Waals surface area contributed by atoms with Gasteiger partial charge in [-0.1, -0.05) is 12.1 Å². The standard InChI is InChI=1S/C11H14O4/c1-11(15-2,10(13)14)7-8-3-5-9(12)6-4-8/h3-6,12H,7H2,1-2H3,(H,13,14). The Morgan fingerprint density at radius 1 is 1.40 bits per heavy atom. The molecule has 15 heavy (non-hydrogen) atoms. The third kappa shape index (κ3) is 2.70. The van der Waals surface area contributed by atoms with Gasteiger partial charge >= 0.3 is 5.97 Å². The summed E-state index contributed by atoms with van der Waals surface area (Å²) in [6, 6.07) is 6.39. The smallest absolute Gasteiger partial charge is 0.336 e. The Labute approximate surface area is 88.1 Å². The maximum absolute atomic E-state index is 10.9. The predicted molar refractivity (Wildman–Crippen MR) is 54.9 cm³/mol. The fourth-order valence-electron chi connectivity index (χ4n) is 1.24. The number of ether oxygens (including phenoxy) is 1. The third-order valence-electron chi connectivity index (χ3n) is 2.38. The van der Waals surface area contributed by atoms with Gasteiger partial charge in [-0.3, -0.25) is 0 Å². The molecule has 0 aliphatic rings. The van der Waals surface area contributed by atoms with Crippen molar-refractivity contribution in [3.05, 3.63) is 29.8 Å². The molecule has 0 aliphatic heterocycles. The number of benzene rings is 1. The molecule has 0 radical (unpaired) electrons. The fourth-order valence-corrected chi connectivity index (χ4v) is 1.24. The van der Waals surface area contributed by atoms with E-state index in [1.54, 1.807) is 12.1 Å². The molecule has 0 amide bonds. The van der Waals surface area contributed by atoms with E-state index < -0.39 is 11.6 Å². The maximum Gasteiger partial charge on any atom is 0.336 e. The van der Waals surface area contributed by atoms with Crippen LogP contribution in [0.2, 0.25) is 0 Å². The van der Waals surface area contributed by atoms with Gasteiger partial charge in [-0.2, -0.15) is 0 Å². The summed E-state index contributed by atoms with van der Waals surface area (Å²) in [5.41, 5.74) is -0.420. The van der Waals surface area contributed by atoms with Gasteiger partial charge in [0.15, 0.2) is 5.60 Å².